The number of rotatable bonds is 3. The zero-order valence-electron chi connectivity index (χ0n) is 10.5. The van der Waals surface area contributed by atoms with Crippen molar-refractivity contribution in [2.75, 3.05) is 0 Å². The van der Waals surface area contributed by atoms with Crippen molar-refractivity contribution in [2.45, 2.75) is 47.6 Å². The molecule has 2 N–H and O–H groups in total. The number of hydrogen-bond acceptors (Lipinski definition) is 2. The Labute approximate surface area is 91.5 Å². The Hall–Kier alpha value is -0.570. The number of carboxylic acid groups (broad SMARTS) is 1. The predicted octanol–water partition coefficient (Wildman–Crippen LogP) is 2.14. The molecule has 1 aliphatic rings. The molecule has 0 heterocycles. The van der Waals surface area contributed by atoms with Gasteiger partial charge in [0.1, 0.15) is 0 Å². The normalized spacial score (nSPS) is 26.1. The third-order valence-corrected chi connectivity index (χ3v) is 4.70. The Bertz CT molecular complexity index is 275. The number of carbonyl (C=O) groups is 1. The van der Waals surface area contributed by atoms with Crippen LogP contribution in [-0.2, 0) is 4.79 Å². The van der Waals surface area contributed by atoms with Gasteiger partial charge in [0.05, 0.1) is 0 Å². The average molecular weight is 214 g/mol. The van der Waals surface area contributed by atoms with Crippen molar-refractivity contribution >= 4 is 5.97 Å². The minimum absolute atomic E-state index is 0.0902. The van der Waals surface area contributed by atoms with E-state index in [9.17, 15) is 9.90 Å². The summed E-state index contributed by atoms with van der Waals surface area (Å²) >= 11 is 0. The summed E-state index contributed by atoms with van der Waals surface area (Å²) < 4.78 is 0. The van der Waals surface area contributed by atoms with Gasteiger partial charge in [-0.05, 0) is 16.7 Å². The van der Waals surface area contributed by atoms with Gasteiger partial charge in [-0.2, -0.15) is 0 Å². The maximum Gasteiger partial charge on any atom is 0.333 e. The highest BCUT2D eigenvalue weighted by atomic mass is 16.4. The van der Waals surface area contributed by atoms with Gasteiger partial charge in [0.15, 0.2) is 6.10 Å². The van der Waals surface area contributed by atoms with Crippen LogP contribution in [0.1, 0.15) is 41.5 Å². The summed E-state index contributed by atoms with van der Waals surface area (Å²) in [6, 6.07) is 0. The van der Waals surface area contributed by atoms with Crippen molar-refractivity contribution in [1.82, 2.24) is 0 Å². The van der Waals surface area contributed by atoms with Gasteiger partial charge in [-0.3, -0.25) is 0 Å². The molecule has 1 unspecified atom stereocenters. The fourth-order valence-electron chi connectivity index (χ4n) is 3.53. The topological polar surface area (TPSA) is 57.5 Å². The van der Waals surface area contributed by atoms with Crippen molar-refractivity contribution in [3.8, 4) is 0 Å². The van der Waals surface area contributed by atoms with Gasteiger partial charge in [-0.1, -0.05) is 41.5 Å². The van der Waals surface area contributed by atoms with Crippen molar-refractivity contribution < 1.29 is 15.0 Å². The first-order chi connectivity index (χ1) is 6.47. The molecule has 1 aliphatic carbocycles. The molecule has 3 heteroatoms. The van der Waals surface area contributed by atoms with Gasteiger partial charge < -0.3 is 10.2 Å². The summed E-state index contributed by atoms with van der Waals surface area (Å²) in [7, 11) is 0. The lowest BCUT2D eigenvalue weighted by molar-refractivity contribution is -0.154. The van der Waals surface area contributed by atoms with Crippen LogP contribution in [-0.4, -0.2) is 22.3 Å². The van der Waals surface area contributed by atoms with Crippen molar-refractivity contribution in [3.63, 3.8) is 0 Å². The highest BCUT2D eigenvalue weighted by Crippen LogP contribution is 2.74. The molecular formula is C12H22O3. The largest absolute Gasteiger partial charge is 0.479 e. The Morgan fingerprint density at radius 2 is 1.53 bits per heavy atom. The monoisotopic (exact) mass is 214 g/mol. The predicted molar refractivity (Wildman–Crippen MR) is 58.5 cm³/mol. The molecule has 1 fully saturated rings. The molecule has 0 amide bonds. The van der Waals surface area contributed by atoms with Gasteiger partial charge in [0.2, 0.25) is 0 Å². The van der Waals surface area contributed by atoms with Crippen LogP contribution >= 0.6 is 0 Å². The quantitative estimate of drug-likeness (QED) is 0.756. The van der Waals surface area contributed by atoms with Gasteiger partial charge in [-0.15, -0.1) is 0 Å². The number of hydrogen-bond donors (Lipinski definition) is 2. The summed E-state index contributed by atoms with van der Waals surface area (Å²) in [5, 5.41) is 18.6. The molecule has 0 spiro atoms. The molecule has 15 heavy (non-hydrogen) atoms. The molecule has 1 rings (SSSR count). The number of aliphatic carboxylic acids is 1. The van der Waals surface area contributed by atoms with Gasteiger partial charge in [0, 0.05) is 5.41 Å². The molecule has 1 saturated carbocycles. The van der Waals surface area contributed by atoms with E-state index in [0.29, 0.717) is 0 Å². The van der Waals surface area contributed by atoms with Crippen LogP contribution < -0.4 is 0 Å². The summed E-state index contributed by atoms with van der Waals surface area (Å²) in [4.78, 5) is 10.9. The molecule has 1 atom stereocenters. The molecular weight excluding hydrogens is 192 g/mol. The lowest BCUT2D eigenvalue weighted by Crippen LogP contribution is -2.39. The number of aliphatic hydroxyl groups excluding tert-OH is 1. The Kier molecular flexibility index (Phi) is 2.48. The second-order valence-electron chi connectivity index (χ2n) is 6.44. The Morgan fingerprint density at radius 1 is 1.20 bits per heavy atom. The molecule has 0 aromatic rings. The van der Waals surface area contributed by atoms with E-state index in [1.165, 1.54) is 0 Å². The van der Waals surface area contributed by atoms with Crippen molar-refractivity contribution in [1.29, 1.82) is 0 Å². The maximum absolute atomic E-state index is 10.9. The molecule has 0 radical (unpaired) electrons. The Morgan fingerprint density at radius 3 is 1.73 bits per heavy atom. The van der Waals surface area contributed by atoms with Crippen LogP contribution in [0.4, 0.5) is 0 Å². The minimum atomic E-state index is -1.29. The van der Waals surface area contributed by atoms with E-state index < -0.39 is 17.5 Å². The first-order valence-corrected chi connectivity index (χ1v) is 5.38. The lowest BCUT2D eigenvalue weighted by Gasteiger charge is -2.30. The number of aliphatic hydroxyl groups is 1. The summed E-state index contributed by atoms with van der Waals surface area (Å²) in [5.74, 6) is -0.901. The summed E-state index contributed by atoms with van der Waals surface area (Å²) in [6.45, 7) is 12.2. The first-order valence-electron chi connectivity index (χ1n) is 5.38. The van der Waals surface area contributed by atoms with Crippen LogP contribution in [0.2, 0.25) is 0 Å². The van der Waals surface area contributed by atoms with Crippen LogP contribution in [0, 0.1) is 22.2 Å². The van der Waals surface area contributed by atoms with E-state index >= 15 is 0 Å². The summed E-state index contributed by atoms with van der Waals surface area (Å²) in [5.41, 5.74) is -0.404. The van der Waals surface area contributed by atoms with E-state index in [0.717, 1.165) is 0 Å². The molecule has 3 nitrogen and oxygen atoms in total. The van der Waals surface area contributed by atoms with Gasteiger partial charge in [-0.25, -0.2) is 4.79 Å². The molecule has 0 bridgehead atoms. The molecule has 0 aromatic heterocycles. The molecule has 0 aromatic carbocycles. The fourth-order valence-corrected chi connectivity index (χ4v) is 3.53. The van der Waals surface area contributed by atoms with E-state index in [2.05, 4.69) is 27.7 Å². The van der Waals surface area contributed by atoms with Crippen LogP contribution in [0.15, 0.2) is 0 Å². The number of carboxylic acids is 1. The average Bonchev–Trinajstić information content (AvgIpc) is 2.41. The van der Waals surface area contributed by atoms with Gasteiger partial charge in [0.25, 0.3) is 0 Å². The van der Waals surface area contributed by atoms with E-state index in [-0.39, 0.29) is 16.7 Å². The second kappa shape index (κ2) is 2.97. The Balaban J connectivity index is 2.96. The molecule has 0 saturated heterocycles. The maximum atomic E-state index is 10.9. The summed E-state index contributed by atoms with van der Waals surface area (Å²) in [6.07, 6.45) is -1.29. The third kappa shape index (κ3) is 1.48. The van der Waals surface area contributed by atoms with E-state index in [1.54, 1.807) is 0 Å². The smallest absolute Gasteiger partial charge is 0.333 e. The minimum Gasteiger partial charge on any atom is -0.479 e. The zero-order valence-corrected chi connectivity index (χ0v) is 10.5. The molecule has 0 aliphatic heterocycles. The third-order valence-electron chi connectivity index (χ3n) is 4.70. The lowest BCUT2D eigenvalue weighted by atomic mass is 9.77. The first kappa shape index (κ1) is 12.5. The van der Waals surface area contributed by atoms with Crippen LogP contribution in [0.3, 0.4) is 0 Å². The van der Waals surface area contributed by atoms with Gasteiger partial charge >= 0.3 is 5.97 Å². The highest BCUT2D eigenvalue weighted by Gasteiger charge is 2.71. The highest BCUT2D eigenvalue weighted by molar-refractivity contribution is 5.73. The van der Waals surface area contributed by atoms with E-state index in [4.69, 9.17) is 5.11 Å². The van der Waals surface area contributed by atoms with Crippen molar-refractivity contribution in [2.24, 2.45) is 22.2 Å². The fraction of sp³-hybridized carbons (Fsp3) is 0.917. The van der Waals surface area contributed by atoms with Crippen molar-refractivity contribution in [3.05, 3.63) is 0 Å². The van der Waals surface area contributed by atoms with Crippen LogP contribution in [0.25, 0.3) is 0 Å². The zero-order chi connectivity index (χ0) is 12.2. The van der Waals surface area contributed by atoms with E-state index in [1.807, 2.05) is 13.8 Å². The molecule has 88 valence electrons. The SMILES string of the molecule is CC(C)(C(O)C(=O)O)C1C(C)(C)C1(C)C. The van der Waals surface area contributed by atoms with Crippen LogP contribution in [0.5, 0.6) is 0 Å². The second-order valence-corrected chi connectivity index (χ2v) is 6.44. The standard InChI is InChI=1S/C12H22O3/c1-10(2,7(13)8(14)15)9-11(3,4)12(9,5)6/h7,9,13H,1-6H3,(H,14,15).